The Hall–Kier alpha value is -1.88. The van der Waals surface area contributed by atoms with Crippen LogP contribution in [0.5, 0.6) is 0 Å². The summed E-state index contributed by atoms with van der Waals surface area (Å²) in [5.74, 6) is -1.15. The van der Waals surface area contributed by atoms with Gasteiger partial charge in [0.1, 0.15) is 0 Å². The van der Waals surface area contributed by atoms with Gasteiger partial charge in [-0.1, -0.05) is 30.3 Å². The molecule has 0 spiro atoms. The number of likely N-dealkylation sites (N-methyl/N-ethyl adjacent to an activating group) is 1. The molecule has 0 saturated heterocycles. The third-order valence-electron chi connectivity index (χ3n) is 2.70. The average Bonchev–Trinajstić information content (AvgIpc) is 2.42. The highest BCUT2D eigenvalue weighted by atomic mass is 16.5. The molecule has 0 saturated carbocycles. The minimum atomic E-state index is -0.924. The Kier molecular flexibility index (Phi) is 6.02. The third-order valence-corrected chi connectivity index (χ3v) is 2.70. The summed E-state index contributed by atoms with van der Waals surface area (Å²) >= 11 is 0. The van der Waals surface area contributed by atoms with Gasteiger partial charge in [0.05, 0.1) is 6.42 Å². The van der Waals surface area contributed by atoms with E-state index in [1.165, 1.54) is 4.90 Å². The second kappa shape index (κ2) is 7.53. The van der Waals surface area contributed by atoms with Gasteiger partial charge in [0.15, 0.2) is 6.10 Å². The van der Waals surface area contributed by atoms with Crippen LogP contribution in [-0.2, 0) is 14.3 Å². The van der Waals surface area contributed by atoms with Gasteiger partial charge in [-0.2, -0.15) is 0 Å². The van der Waals surface area contributed by atoms with Crippen LogP contribution in [0, 0.1) is 0 Å². The standard InChI is InChI=1S/C14H19NO4/c1-3-19-13(11-7-5-4-6-8-11)14(18)15(2)10-9-12(16)17/h4-8,13H,3,9-10H2,1-2H3,(H,16,17). The van der Waals surface area contributed by atoms with Crippen LogP contribution in [-0.4, -0.2) is 42.1 Å². The second-order valence-electron chi connectivity index (χ2n) is 4.15. The zero-order chi connectivity index (χ0) is 14.3. The van der Waals surface area contributed by atoms with Crippen molar-refractivity contribution in [3.63, 3.8) is 0 Å². The van der Waals surface area contributed by atoms with Crippen LogP contribution >= 0.6 is 0 Å². The third kappa shape index (κ3) is 4.71. The number of nitrogens with zero attached hydrogens (tertiary/aromatic N) is 1. The van der Waals surface area contributed by atoms with E-state index in [1.807, 2.05) is 37.3 Å². The molecule has 1 unspecified atom stereocenters. The summed E-state index contributed by atoms with van der Waals surface area (Å²) in [6.07, 6.45) is -0.749. The number of rotatable bonds is 7. The number of ether oxygens (including phenoxy) is 1. The SMILES string of the molecule is CCOC(C(=O)N(C)CCC(=O)O)c1ccccc1. The number of benzene rings is 1. The Morgan fingerprint density at radius 1 is 1.32 bits per heavy atom. The van der Waals surface area contributed by atoms with Crippen LogP contribution in [0.25, 0.3) is 0 Å². The molecule has 0 aromatic heterocycles. The highest BCUT2D eigenvalue weighted by Gasteiger charge is 2.24. The van der Waals surface area contributed by atoms with Crippen molar-refractivity contribution in [2.24, 2.45) is 0 Å². The van der Waals surface area contributed by atoms with Crippen LogP contribution in [0.4, 0.5) is 0 Å². The van der Waals surface area contributed by atoms with Gasteiger partial charge in [-0.05, 0) is 12.5 Å². The molecule has 0 aliphatic rings. The Morgan fingerprint density at radius 2 is 1.95 bits per heavy atom. The predicted molar refractivity (Wildman–Crippen MR) is 70.7 cm³/mol. The van der Waals surface area contributed by atoms with E-state index in [4.69, 9.17) is 9.84 Å². The first-order valence-corrected chi connectivity index (χ1v) is 6.19. The van der Waals surface area contributed by atoms with Crippen molar-refractivity contribution < 1.29 is 19.4 Å². The summed E-state index contributed by atoms with van der Waals surface area (Å²) in [5, 5.41) is 8.63. The molecule has 1 rings (SSSR count). The van der Waals surface area contributed by atoms with E-state index in [0.29, 0.717) is 6.61 Å². The number of amides is 1. The van der Waals surface area contributed by atoms with E-state index in [0.717, 1.165) is 5.56 Å². The van der Waals surface area contributed by atoms with Crippen LogP contribution < -0.4 is 0 Å². The van der Waals surface area contributed by atoms with E-state index in [2.05, 4.69) is 0 Å². The van der Waals surface area contributed by atoms with E-state index in [-0.39, 0.29) is 18.9 Å². The largest absolute Gasteiger partial charge is 0.481 e. The number of carboxylic acid groups (broad SMARTS) is 1. The summed E-state index contributed by atoms with van der Waals surface area (Å²) in [6, 6.07) is 9.19. The maximum atomic E-state index is 12.3. The second-order valence-corrected chi connectivity index (χ2v) is 4.15. The maximum absolute atomic E-state index is 12.3. The van der Waals surface area contributed by atoms with Crippen molar-refractivity contribution in [3.05, 3.63) is 35.9 Å². The Morgan fingerprint density at radius 3 is 2.47 bits per heavy atom. The molecule has 0 aliphatic carbocycles. The first kappa shape index (κ1) is 15.2. The quantitative estimate of drug-likeness (QED) is 0.814. The van der Waals surface area contributed by atoms with Gasteiger partial charge in [0, 0.05) is 20.2 Å². The van der Waals surface area contributed by atoms with Crippen LogP contribution in [0.1, 0.15) is 25.0 Å². The van der Waals surface area contributed by atoms with Crippen molar-refractivity contribution in [2.45, 2.75) is 19.4 Å². The lowest BCUT2D eigenvalue weighted by atomic mass is 10.1. The highest BCUT2D eigenvalue weighted by molar-refractivity contribution is 5.82. The zero-order valence-corrected chi connectivity index (χ0v) is 11.2. The first-order valence-electron chi connectivity index (χ1n) is 6.19. The molecule has 1 amide bonds. The molecule has 1 aromatic rings. The minimum absolute atomic E-state index is 0.0735. The smallest absolute Gasteiger partial charge is 0.305 e. The summed E-state index contributed by atoms with van der Waals surface area (Å²) < 4.78 is 5.48. The van der Waals surface area contributed by atoms with Gasteiger partial charge >= 0.3 is 5.97 Å². The number of carbonyl (C=O) groups excluding carboxylic acids is 1. The molecular formula is C14H19NO4. The molecule has 0 aliphatic heterocycles. The maximum Gasteiger partial charge on any atom is 0.305 e. The summed E-state index contributed by atoms with van der Waals surface area (Å²) in [7, 11) is 1.58. The molecule has 0 heterocycles. The lowest BCUT2D eigenvalue weighted by molar-refractivity contribution is -0.144. The molecule has 104 valence electrons. The summed E-state index contributed by atoms with van der Waals surface area (Å²) in [4.78, 5) is 24.2. The van der Waals surface area contributed by atoms with Crippen molar-refractivity contribution in [3.8, 4) is 0 Å². The first-order chi connectivity index (χ1) is 9.06. The Bertz CT molecular complexity index is 419. The molecule has 1 atom stereocenters. The fourth-order valence-corrected chi connectivity index (χ4v) is 1.68. The molecule has 1 N–H and O–H groups in total. The fourth-order valence-electron chi connectivity index (χ4n) is 1.68. The van der Waals surface area contributed by atoms with E-state index < -0.39 is 12.1 Å². The summed E-state index contributed by atoms with van der Waals surface area (Å²) in [5.41, 5.74) is 0.775. The molecular weight excluding hydrogens is 246 g/mol. The van der Waals surface area contributed by atoms with Crippen molar-refractivity contribution in [1.82, 2.24) is 4.90 Å². The van der Waals surface area contributed by atoms with Crippen molar-refractivity contribution >= 4 is 11.9 Å². The lowest BCUT2D eigenvalue weighted by Gasteiger charge is -2.23. The lowest BCUT2D eigenvalue weighted by Crippen LogP contribution is -2.34. The van der Waals surface area contributed by atoms with Gasteiger partial charge in [-0.3, -0.25) is 9.59 Å². The van der Waals surface area contributed by atoms with E-state index >= 15 is 0 Å². The zero-order valence-electron chi connectivity index (χ0n) is 11.2. The number of hydrogen-bond acceptors (Lipinski definition) is 3. The van der Waals surface area contributed by atoms with Gasteiger partial charge in [0.25, 0.3) is 5.91 Å². The Labute approximate surface area is 112 Å². The number of carboxylic acids is 1. The normalized spacial score (nSPS) is 11.9. The van der Waals surface area contributed by atoms with Gasteiger partial charge in [0.2, 0.25) is 0 Å². The molecule has 5 nitrogen and oxygen atoms in total. The van der Waals surface area contributed by atoms with Crippen molar-refractivity contribution in [1.29, 1.82) is 0 Å². The molecule has 19 heavy (non-hydrogen) atoms. The monoisotopic (exact) mass is 265 g/mol. The minimum Gasteiger partial charge on any atom is -0.481 e. The number of hydrogen-bond donors (Lipinski definition) is 1. The van der Waals surface area contributed by atoms with Gasteiger partial charge in [-0.15, -0.1) is 0 Å². The summed E-state index contributed by atoms with van der Waals surface area (Å²) in [6.45, 7) is 2.41. The van der Waals surface area contributed by atoms with Crippen LogP contribution in [0.3, 0.4) is 0 Å². The highest BCUT2D eigenvalue weighted by Crippen LogP contribution is 2.19. The van der Waals surface area contributed by atoms with Crippen LogP contribution in [0.15, 0.2) is 30.3 Å². The number of aliphatic carboxylic acids is 1. The van der Waals surface area contributed by atoms with Gasteiger partial charge < -0.3 is 14.7 Å². The Balaban J connectivity index is 2.76. The molecule has 0 bridgehead atoms. The molecule has 1 aromatic carbocycles. The molecule has 0 radical (unpaired) electrons. The van der Waals surface area contributed by atoms with Gasteiger partial charge in [-0.25, -0.2) is 0 Å². The van der Waals surface area contributed by atoms with Crippen molar-refractivity contribution in [2.75, 3.05) is 20.2 Å². The molecule has 0 fully saturated rings. The van der Waals surface area contributed by atoms with E-state index in [1.54, 1.807) is 7.05 Å². The van der Waals surface area contributed by atoms with Crippen LogP contribution in [0.2, 0.25) is 0 Å². The molecule has 5 heteroatoms. The topological polar surface area (TPSA) is 66.8 Å². The predicted octanol–water partition coefficient (Wildman–Crippen LogP) is 1.70. The van der Waals surface area contributed by atoms with E-state index in [9.17, 15) is 9.59 Å². The average molecular weight is 265 g/mol. The fraction of sp³-hybridized carbons (Fsp3) is 0.429. The number of carbonyl (C=O) groups is 2.